The molecule has 1 saturated carbocycles. The highest BCUT2D eigenvalue weighted by Crippen LogP contribution is 2.35. The van der Waals surface area contributed by atoms with Gasteiger partial charge in [-0.2, -0.15) is 0 Å². The van der Waals surface area contributed by atoms with Gasteiger partial charge < -0.3 is 19.7 Å². The lowest BCUT2D eigenvalue weighted by molar-refractivity contribution is -0.169. The molecular formula is C11H18O6. The maximum atomic E-state index is 11.5. The van der Waals surface area contributed by atoms with Gasteiger partial charge in [-0.1, -0.05) is 12.8 Å². The number of rotatable bonds is 6. The number of ketones is 1. The highest BCUT2D eigenvalue weighted by molar-refractivity contribution is 6.36. The average molecular weight is 246 g/mol. The van der Waals surface area contributed by atoms with Crippen molar-refractivity contribution in [2.45, 2.75) is 31.3 Å². The first kappa shape index (κ1) is 14.1. The van der Waals surface area contributed by atoms with Crippen LogP contribution in [0.4, 0.5) is 0 Å². The second-order valence-electron chi connectivity index (χ2n) is 4.28. The van der Waals surface area contributed by atoms with Crippen LogP contribution in [0.15, 0.2) is 0 Å². The molecule has 0 aromatic carbocycles. The van der Waals surface area contributed by atoms with E-state index < -0.39 is 23.3 Å². The molecule has 0 spiro atoms. The number of carboxylic acids is 1. The average Bonchev–Trinajstić information content (AvgIpc) is 2.31. The van der Waals surface area contributed by atoms with Crippen molar-refractivity contribution < 1.29 is 29.3 Å². The molecule has 0 amide bonds. The minimum atomic E-state index is -1.79. The Kier molecular flexibility index (Phi) is 5.04. The van der Waals surface area contributed by atoms with Gasteiger partial charge in [-0.25, -0.2) is 4.79 Å². The van der Waals surface area contributed by atoms with E-state index in [-0.39, 0.29) is 19.8 Å². The summed E-state index contributed by atoms with van der Waals surface area (Å²) in [6, 6.07) is 0. The smallest absolute Gasteiger partial charge is 0.375 e. The van der Waals surface area contributed by atoms with Gasteiger partial charge in [0.2, 0.25) is 0 Å². The van der Waals surface area contributed by atoms with Crippen molar-refractivity contribution in [1.82, 2.24) is 0 Å². The van der Waals surface area contributed by atoms with Crippen molar-refractivity contribution >= 4 is 11.8 Å². The molecule has 0 radical (unpaired) electrons. The molecule has 0 bridgehead atoms. The standard InChI is InChI=1S/C11H18O6/c1-16-7-17-6-8-4-2-3-5-11(8,15)9(12)10(13)14/h8,15H,2-7H2,1H3,(H,13,14)/t8-,11-/m0/s1. The Morgan fingerprint density at radius 3 is 2.71 bits per heavy atom. The van der Waals surface area contributed by atoms with Crippen molar-refractivity contribution in [2.75, 3.05) is 20.5 Å². The third-order valence-electron chi connectivity index (χ3n) is 3.14. The van der Waals surface area contributed by atoms with E-state index in [0.717, 1.165) is 6.42 Å². The lowest BCUT2D eigenvalue weighted by atomic mass is 9.73. The lowest BCUT2D eigenvalue weighted by Gasteiger charge is -2.37. The predicted molar refractivity (Wildman–Crippen MR) is 57.4 cm³/mol. The maximum absolute atomic E-state index is 11.5. The molecule has 0 unspecified atom stereocenters. The molecule has 2 atom stereocenters. The summed E-state index contributed by atoms with van der Waals surface area (Å²) < 4.78 is 9.82. The quantitative estimate of drug-likeness (QED) is 0.394. The molecule has 0 aliphatic heterocycles. The van der Waals surface area contributed by atoms with Crippen LogP contribution in [0.5, 0.6) is 0 Å². The van der Waals surface area contributed by atoms with Crippen molar-refractivity contribution in [3.8, 4) is 0 Å². The second kappa shape index (κ2) is 6.09. The summed E-state index contributed by atoms with van der Waals surface area (Å²) in [5, 5.41) is 18.9. The van der Waals surface area contributed by atoms with Gasteiger partial charge >= 0.3 is 5.97 Å². The Labute approximate surface area is 99.5 Å². The van der Waals surface area contributed by atoms with E-state index in [1.165, 1.54) is 7.11 Å². The van der Waals surface area contributed by atoms with Crippen LogP contribution in [0, 0.1) is 5.92 Å². The normalized spacial score (nSPS) is 28.9. The number of carboxylic acid groups (broad SMARTS) is 1. The van der Waals surface area contributed by atoms with Crippen LogP contribution in [0.1, 0.15) is 25.7 Å². The van der Waals surface area contributed by atoms with Crippen molar-refractivity contribution in [2.24, 2.45) is 5.92 Å². The summed E-state index contributed by atoms with van der Waals surface area (Å²) in [5.74, 6) is -3.20. The van der Waals surface area contributed by atoms with Crippen LogP contribution in [0.3, 0.4) is 0 Å². The number of aliphatic carboxylic acids is 1. The number of Topliss-reactive ketones (excluding diaryl/α,β-unsaturated/α-hetero) is 1. The first-order valence-corrected chi connectivity index (χ1v) is 5.59. The second-order valence-corrected chi connectivity index (χ2v) is 4.28. The number of hydrogen-bond donors (Lipinski definition) is 2. The van der Waals surface area contributed by atoms with E-state index in [4.69, 9.17) is 14.6 Å². The molecule has 0 saturated heterocycles. The van der Waals surface area contributed by atoms with Gasteiger partial charge in [0, 0.05) is 13.0 Å². The lowest BCUT2D eigenvalue weighted by Crippen LogP contribution is -2.52. The summed E-state index contributed by atoms with van der Waals surface area (Å²) in [6.45, 7) is 0.192. The Balaban J connectivity index is 2.70. The van der Waals surface area contributed by atoms with Gasteiger partial charge in [-0.05, 0) is 12.8 Å². The molecule has 1 aliphatic rings. The minimum absolute atomic E-state index is 0.0633. The number of ether oxygens (including phenoxy) is 2. The van der Waals surface area contributed by atoms with Crippen molar-refractivity contribution in [1.29, 1.82) is 0 Å². The van der Waals surface area contributed by atoms with Gasteiger partial charge in [-0.15, -0.1) is 0 Å². The Morgan fingerprint density at radius 2 is 2.12 bits per heavy atom. The fraction of sp³-hybridized carbons (Fsp3) is 0.818. The molecule has 1 fully saturated rings. The molecule has 0 aromatic rings. The number of hydrogen-bond acceptors (Lipinski definition) is 5. The molecule has 17 heavy (non-hydrogen) atoms. The van der Waals surface area contributed by atoms with E-state index in [9.17, 15) is 14.7 Å². The highest BCUT2D eigenvalue weighted by Gasteiger charge is 2.48. The van der Waals surface area contributed by atoms with E-state index >= 15 is 0 Å². The molecule has 1 rings (SSSR count). The largest absolute Gasteiger partial charge is 0.475 e. The molecule has 98 valence electrons. The van der Waals surface area contributed by atoms with E-state index in [1.807, 2.05) is 0 Å². The van der Waals surface area contributed by atoms with Gasteiger partial charge in [0.15, 0.2) is 0 Å². The fourth-order valence-electron chi connectivity index (χ4n) is 2.21. The monoisotopic (exact) mass is 246 g/mol. The van der Waals surface area contributed by atoms with Gasteiger partial charge in [-0.3, -0.25) is 4.79 Å². The molecule has 6 nitrogen and oxygen atoms in total. The first-order chi connectivity index (χ1) is 8.02. The molecule has 0 aromatic heterocycles. The van der Waals surface area contributed by atoms with Crippen molar-refractivity contribution in [3.05, 3.63) is 0 Å². The number of carbonyl (C=O) groups excluding carboxylic acids is 1. The fourth-order valence-corrected chi connectivity index (χ4v) is 2.21. The van der Waals surface area contributed by atoms with Crippen LogP contribution in [-0.4, -0.2) is 48.1 Å². The van der Waals surface area contributed by atoms with Crippen molar-refractivity contribution in [3.63, 3.8) is 0 Å². The van der Waals surface area contributed by atoms with Gasteiger partial charge in [0.05, 0.1) is 6.61 Å². The predicted octanol–water partition coefficient (Wildman–Crippen LogP) is 0.182. The van der Waals surface area contributed by atoms with Crippen LogP contribution in [0.25, 0.3) is 0 Å². The topological polar surface area (TPSA) is 93.1 Å². The zero-order valence-electron chi connectivity index (χ0n) is 9.85. The first-order valence-electron chi connectivity index (χ1n) is 5.59. The van der Waals surface area contributed by atoms with Gasteiger partial charge in [0.25, 0.3) is 5.78 Å². The van der Waals surface area contributed by atoms with E-state index in [2.05, 4.69) is 0 Å². The van der Waals surface area contributed by atoms with E-state index in [0.29, 0.717) is 12.8 Å². The Bertz CT molecular complexity index is 290. The summed E-state index contributed by atoms with van der Waals surface area (Å²) in [5.41, 5.74) is -1.79. The SMILES string of the molecule is COCOC[C@@H]1CCCC[C@@]1(O)C(=O)C(=O)O. The summed E-state index contributed by atoms with van der Waals surface area (Å²) >= 11 is 0. The maximum Gasteiger partial charge on any atom is 0.375 e. The zero-order valence-corrected chi connectivity index (χ0v) is 9.85. The van der Waals surface area contributed by atoms with Crippen LogP contribution < -0.4 is 0 Å². The molecule has 2 N–H and O–H groups in total. The zero-order chi connectivity index (χ0) is 12.9. The third-order valence-corrected chi connectivity index (χ3v) is 3.14. The number of carbonyl (C=O) groups is 2. The van der Waals surface area contributed by atoms with Gasteiger partial charge in [0.1, 0.15) is 12.4 Å². The number of methoxy groups -OCH3 is 1. The minimum Gasteiger partial charge on any atom is -0.475 e. The third kappa shape index (κ3) is 3.24. The Morgan fingerprint density at radius 1 is 1.41 bits per heavy atom. The summed E-state index contributed by atoms with van der Waals surface area (Å²) in [4.78, 5) is 22.2. The molecule has 1 aliphatic carbocycles. The van der Waals surface area contributed by atoms with Crippen LogP contribution in [-0.2, 0) is 19.1 Å². The summed E-state index contributed by atoms with van der Waals surface area (Å²) in [6.07, 6.45) is 2.27. The summed E-state index contributed by atoms with van der Waals surface area (Å²) in [7, 11) is 1.47. The molecule has 0 heterocycles. The van der Waals surface area contributed by atoms with Crippen LogP contribution >= 0.6 is 0 Å². The number of aliphatic hydroxyl groups is 1. The Hall–Kier alpha value is -0.980. The van der Waals surface area contributed by atoms with Crippen LogP contribution in [0.2, 0.25) is 0 Å². The molecular weight excluding hydrogens is 228 g/mol. The highest BCUT2D eigenvalue weighted by atomic mass is 16.7. The molecule has 6 heteroatoms. The van der Waals surface area contributed by atoms with E-state index in [1.54, 1.807) is 0 Å².